The summed E-state index contributed by atoms with van der Waals surface area (Å²) in [4.78, 5) is 14.8. The van der Waals surface area contributed by atoms with Crippen LogP contribution in [0.3, 0.4) is 0 Å². The Kier molecular flexibility index (Phi) is 4.59. The highest BCUT2D eigenvalue weighted by Crippen LogP contribution is 2.41. The van der Waals surface area contributed by atoms with Crippen LogP contribution in [0.1, 0.15) is 42.1 Å². The van der Waals surface area contributed by atoms with Crippen molar-refractivity contribution in [3.05, 3.63) is 70.8 Å². The molecular formula is C22H26N2O3S. The van der Waals surface area contributed by atoms with Gasteiger partial charge < -0.3 is 4.90 Å². The van der Waals surface area contributed by atoms with Crippen molar-refractivity contribution >= 4 is 15.9 Å². The number of aryl methyl sites for hydroxylation is 1. The van der Waals surface area contributed by atoms with E-state index in [0.29, 0.717) is 13.1 Å². The Morgan fingerprint density at radius 2 is 1.75 bits per heavy atom. The smallest absolute Gasteiger partial charge is 0.238 e. The van der Waals surface area contributed by atoms with Gasteiger partial charge in [0.1, 0.15) is 0 Å². The zero-order chi connectivity index (χ0) is 20.1. The van der Waals surface area contributed by atoms with Crippen molar-refractivity contribution in [3.63, 3.8) is 0 Å². The van der Waals surface area contributed by atoms with Crippen LogP contribution in [0.2, 0.25) is 0 Å². The molecule has 0 aliphatic carbocycles. The van der Waals surface area contributed by atoms with Crippen molar-refractivity contribution in [2.45, 2.75) is 38.0 Å². The molecule has 0 saturated carbocycles. The van der Waals surface area contributed by atoms with Crippen molar-refractivity contribution in [1.29, 1.82) is 0 Å². The summed E-state index contributed by atoms with van der Waals surface area (Å²) >= 11 is 0. The number of sulfonamides is 1. The Hall–Kier alpha value is -2.18. The summed E-state index contributed by atoms with van der Waals surface area (Å²) in [5.41, 5.74) is 3.94. The molecule has 2 aliphatic heterocycles. The predicted octanol–water partition coefficient (Wildman–Crippen LogP) is 3.00. The van der Waals surface area contributed by atoms with Crippen LogP contribution >= 0.6 is 0 Å². The first-order chi connectivity index (χ1) is 13.2. The van der Waals surface area contributed by atoms with E-state index in [1.165, 1.54) is 9.87 Å². The van der Waals surface area contributed by atoms with Crippen LogP contribution < -0.4 is 0 Å². The normalized spacial score (nSPS) is 21.9. The van der Waals surface area contributed by atoms with Gasteiger partial charge >= 0.3 is 0 Å². The highest BCUT2D eigenvalue weighted by atomic mass is 32.2. The summed E-state index contributed by atoms with van der Waals surface area (Å²) in [6, 6.07) is 15.4. The standard InChI is InChI=1S/C22H26N2O3S/c1-16-8-10-17(11-9-16)14-28(26,27)23-12-20-18-6-4-5-7-19(18)22(2,3)15-24(20)21(25)13-23/h4-11,20H,12-15H2,1-3H3. The van der Waals surface area contributed by atoms with Crippen LogP contribution in [-0.2, 0) is 26.0 Å². The number of hydrogen-bond donors (Lipinski definition) is 0. The van der Waals surface area contributed by atoms with Crippen LogP contribution in [0.25, 0.3) is 0 Å². The maximum atomic E-state index is 13.1. The molecular weight excluding hydrogens is 372 g/mol. The van der Waals surface area contributed by atoms with Crippen LogP contribution in [0.15, 0.2) is 48.5 Å². The number of hydrogen-bond acceptors (Lipinski definition) is 3. The minimum absolute atomic E-state index is 0.0804. The molecule has 2 aromatic carbocycles. The third kappa shape index (κ3) is 3.35. The molecule has 0 N–H and O–H groups in total. The maximum absolute atomic E-state index is 13.1. The fourth-order valence-electron chi connectivity index (χ4n) is 4.35. The number of piperazine rings is 1. The lowest BCUT2D eigenvalue weighted by Gasteiger charge is -2.49. The lowest BCUT2D eigenvalue weighted by molar-refractivity contribution is -0.139. The molecule has 2 aromatic rings. The number of nitrogens with zero attached hydrogens (tertiary/aromatic N) is 2. The monoisotopic (exact) mass is 398 g/mol. The first kappa shape index (κ1) is 19.2. The zero-order valence-corrected chi connectivity index (χ0v) is 17.4. The van der Waals surface area contributed by atoms with Gasteiger partial charge in [-0.15, -0.1) is 0 Å². The average Bonchev–Trinajstić information content (AvgIpc) is 2.64. The van der Waals surface area contributed by atoms with Gasteiger partial charge in [0.15, 0.2) is 0 Å². The van der Waals surface area contributed by atoms with Gasteiger partial charge in [0.25, 0.3) is 0 Å². The van der Waals surface area contributed by atoms with Crippen LogP contribution in [0, 0.1) is 6.92 Å². The van der Waals surface area contributed by atoms with E-state index in [1.807, 2.05) is 54.3 Å². The quantitative estimate of drug-likeness (QED) is 0.799. The van der Waals surface area contributed by atoms with Crippen molar-refractivity contribution in [1.82, 2.24) is 9.21 Å². The number of carbonyl (C=O) groups is 1. The van der Waals surface area contributed by atoms with Crippen LogP contribution in [-0.4, -0.2) is 43.2 Å². The second-order valence-electron chi connectivity index (χ2n) is 8.54. The number of carbonyl (C=O) groups excluding carboxylic acids is 1. The Labute approximate surface area is 167 Å². The molecule has 1 amide bonds. The molecule has 1 fully saturated rings. The first-order valence-electron chi connectivity index (χ1n) is 9.60. The lowest BCUT2D eigenvalue weighted by Crippen LogP contribution is -2.58. The van der Waals surface area contributed by atoms with E-state index in [2.05, 4.69) is 19.9 Å². The summed E-state index contributed by atoms with van der Waals surface area (Å²) in [5, 5.41) is 0. The molecule has 0 bridgehead atoms. The van der Waals surface area contributed by atoms with Crippen molar-refractivity contribution < 1.29 is 13.2 Å². The molecule has 2 aliphatic rings. The fraction of sp³-hybridized carbons (Fsp3) is 0.409. The second-order valence-corrected chi connectivity index (χ2v) is 10.5. The summed E-state index contributed by atoms with van der Waals surface area (Å²) < 4.78 is 27.5. The third-order valence-corrected chi connectivity index (χ3v) is 7.63. The molecule has 0 aromatic heterocycles. The number of rotatable bonds is 3. The third-order valence-electron chi connectivity index (χ3n) is 5.86. The fourth-order valence-corrected chi connectivity index (χ4v) is 5.82. The van der Waals surface area contributed by atoms with Gasteiger partial charge in [-0.05, 0) is 23.6 Å². The van der Waals surface area contributed by atoms with E-state index in [4.69, 9.17) is 0 Å². The van der Waals surface area contributed by atoms with Gasteiger partial charge in [0.05, 0.1) is 18.3 Å². The molecule has 1 atom stereocenters. The van der Waals surface area contributed by atoms with Gasteiger partial charge in [-0.3, -0.25) is 4.79 Å². The SMILES string of the molecule is Cc1ccc(CS(=O)(=O)N2CC(=O)N3CC(C)(C)c4ccccc4C3C2)cc1. The number of benzene rings is 2. The molecule has 2 heterocycles. The topological polar surface area (TPSA) is 57.7 Å². The number of amides is 1. The minimum atomic E-state index is -3.58. The van der Waals surface area contributed by atoms with Crippen LogP contribution in [0.4, 0.5) is 0 Å². The maximum Gasteiger partial charge on any atom is 0.238 e. The van der Waals surface area contributed by atoms with Gasteiger partial charge in [0, 0.05) is 18.5 Å². The number of fused-ring (bicyclic) bond motifs is 3. The molecule has 4 rings (SSSR count). The van der Waals surface area contributed by atoms with Crippen molar-refractivity contribution in [2.24, 2.45) is 0 Å². The summed E-state index contributed by atoms with van der Waals surface area (Å²) in [6.07, 6.45) is 0. The molecule has 5 nitrogen and oxygen atoms in total. The van der Waals surface area contributed by atoms with Gasteiger partial charge in [-0.2, -0.15) is 4.31 Å². The van der Waals surface area contributed by atoms with E-state index in [1.54, 1.807) is 0 Å². The molecule has 0 spiro atoms. The average molecular weight is 399 g/mol. The summed E-state index contributed by atoms with van der Waals surface area (Å²) in [7, 11) is -3.58. The molecule has 1 saturated heterocycles. The molecule has 6 heteroatoms. The lowest BCUT2D eigenvalue weighted by atomic mass is 9.75. The summed E-state index contributed by atoms with van der Waals surface area (Å²) in [6.45, 7) is 7.08. The van der Waals surface area contributed by atoms with E-state index in [-0.39, 0.29) is 29.7 Å². The Morgan fingerprint density at radius 1 is 1.07 bits per heavy atom. The Morgan fingerprint density at radius 3 is 2.46 bits per heavy atom. The largest absolute Gasteiger partial charge is 0.332 e. The first-order valence-corrected chi connectivity index (χ1v) is 11.2. The zero-order valence-electron chi connectivity index (χ0n) is 16.6. The predicted molar refractivity (Wildman–Crippen MR) is 109 cm³/mol. The van der Waals surface area contributed by atoms with E-state index >= 15 is 0 Å². The van der Waals surface area contributed by atoms with E-state index in [9.17, 15) is 13.2 Å². The molecule has 148 valence electrons. The highest BCUT2D eigenvalue weighted by Gasteiger charge is 2.45. The van der Waals surface area contributed by atoms with Crippen molar-refractivity contribution in [3.8, 4) is 0 Å². The minimum Gasteiger partial charge on any atom is -0.332 e. The van der Waals surface area contributed by atoms with Gasteiger partial charge in [-0.1, -0.05) is 67.9 Å². The van der Waals surface area contributed by atoms with Gasteiger partial charge in [-0.25, -0.2) is 8.42 Å². The molecule has 0 radical (unpaired) electrons. The highest BCUT2D eigenvalue weighted by molar-refractivity contribution is 7.88. The van der Waals surface area contributed by atoms with Crippen LogP contribution in [0.5, 0.6) is 0 Å². The Balaban J connectivity index is 1.64. The Bertz CT molecular complexity index is 1010. The van der Waals surface area contributed by atoms with Crippen molar-refractivity contribution in [2.75, 3.05) is 19.6 Å². The van der Waals surface area contributed by atoms with E-state index < -0.39 is 10.0 Å². The van der Waals surface area contributed by atoms with E-state index in [0.717, 1.165) is 16.7 Å². The van der Waals surface area contributed by atoms with Gasteiger partial charge in [0.2, 0.25) is 15.9 Å². The second kappa shape index (κ2) is 6.71. The molecule has 1 unspecified atom stereocenters. The molecule has 28 heavy (non-hydrogen) atoms. The summed E-state index contributed by atoms with van der Waals surface area (Å²) in [5.74, 6) is -0.202.